The molecule has 2 aromatic rings. The third-order valence-corrected chi connectivity index (χ3v) is 4.23. The molecule has 0 aliphatic carbocycles. The van der Waals surface area contributed by atoms with Crippen LogP contribution in [-0.4, -0.2) is 24.6 Å². The first kappa shape index (κ1) is 18.9. The van der Waals surface area contributed by atoms with Crippen molar-refractivity contribution in [1.82, 2.24) is 0 Å². The third-order valence-electron chi connectivity index (χ3n) is 4.23. The Hall–Kier alpha value is -3.92. The number of nitrogens with one attached hydrogen (secondary N) is 1. The zero-order chi connectivity index (χ0) is 20.1. The van der Waals surface area contributed by atoms with Crippen molar-refractivity contribution in [2.45, 2.75) is 6.92 Å². The average Bonchev–Trinajstić information content (AvgIpc) is 3.01. The number of para-hydroxylation sites is 1. The number of nitrogens with zero attached hydrogens (tertiary/aromatic N) is 3. The van der Waals surface area contributed by atoms with Crippen LogP contribution in [0, 0.1) is 17.2 Å². The highest BCUT2D eigenvalue weighted by Gasteiger charge is 2.33. The van der Waals surface area contributed by atoms with E-state index in [0.717, 1.165) is 0 Å². The normalized spacial score (nSPS) is 16.4. The minimum Gasteiger partial charge on any atom is -0.497 e. The van der Waals surface area contributed by atoms with E-state index in [9.17, 15) is 14.9 Å². The van der Waals surface area contributed by atoms with E-state index in [-0.39, 0.29) is 11.5 Å². The molecule has 0 spiro atoms. The Morgan fingerprint density at radius 1 is 1.21 bits per heavy atom. The molecular formula is C21H18N4O3. The lowest BCUT2D eigenvalue weighted by Crippen LogP contribution is -2.27. The van der Waals surface area contributed by atoms with E-state index >= 15 is 0 Å². The second kappa shape index (κ2) is 8.18. The molecule has 0 radical (unpaired) electrons. The molecule has 0 saturated carbocycles. The van der Waals surface area contributed by atoms with E-state index in [4.69, 9.17) is 4.74 Å². The van der Waals surface area contributed by atoms with Crippen molar-refractivity contribution in [3.05, 3.63) is 66.2 Å². The second-order valence-electron chi connectivity index (χ2n) is 6.08. The fourth-order valence-electron chi connectivity index (χ4n) is 2.73. The number of anilines is 2. The van der Waals surface area contributed by atoms with Gasteiger partial charge in [0.1, 0.15) is 17.4 Å². The van der Waals surface area contributed by atoms with Crippen molar-refractivity contribution in [2.24, 2.45) is 11.0 Å². The summed E-state index contributed by atoms with van der Waals surface area (Å²) < 4.78 is 5.07. The zero-order valence-electron chi connectivity index (χ0n) is 15.4. The highest BCUT2D eigenvalue weighted by atomic mass is 16.5. The van der Waals surface area contributed by atoms with Crippen LogP contribution in [0.2, 0.25) is 0 Å². The maximum Gasteiger partial charge on any atom is 0.266 e. The molecular weight excluding hydrogens is 356 g/mol. The number of nitriles is 1. The van der Waals surface area contributed by atoms with Crippen LogP contribution in [0.4, 0.5) is 11.4 Å². The van der Waals surface area contributed by atoms with Gasteiger partial charge in [0.2, 0.25) is 0 Å². The van der Waals surface area contributed by atoms with E-state index in [2.05, 4.69) is 10.4 Å². The predicted molar refractivity (Wildman–Crippen MR) is 106 cm³/mol. The second-order valence-corrected chi connectivity index (χ2v) is 6.08. The highest BCUT2D eigenvalue weighted by molar-refractivity contribution is 6.17. The largest absolute Gasteiger partial charge is 0.497 e. The number of hydrogen-bond acceptors (Lipinski definition) is 5. The Kier molecular flexibility index (Phi) is 5.51. The summed E-state index contributed by atoms with van der Waals surface area (Å²) in [7, 11) is 1.55. The molecule has 7 heteroatoms. The molecule has 1 aliphatic heterocycles. The van der Waals surface area contributed by atoms with Crippen LogP contribution in [0.3, 0.4) is 0 Å². The molecule has 1 aliphatic rings. The molecule has 140 valence electrons. The van der Waals surface area contributed by atoms with Gasteiger partial charge in [-0.05, 0) is 49.4 Å². The fourth-order valence-corrected chi connectivity index (χ4v) is 2.73. The Morgan fingerprint density at radius 3 is 2.50 bits per heavy atom. The molecule has 0 unspecified atom stereocenters. The first-order valence-electron chi connectivity index (χ1n) is 8.55. The van der Waals surface area contributed by atoms with Crippen LogP contribution in [-0.2, 0) is 9.59 Å². The summed E-state index contributed by atoms with van der Waals surface area (Å²) in [6.45, 7) is 1.69. The molecule has 0 fully saturated rings. The summed E-state index contributed by atoms with van der Waals surface area (Å²) in [5, 5.41) is 17.6. The molecule has 2 aromatic carbocycles. The molecule has 7 nitrogen and oxygen atoms in total. The lowest BCUT2D eigenvalue weighted by molar-refractivity contribution is -0.118. The SMILES string of the molecule is COc1ccc(NC(=O)/C(C#N)=C\[C@@H]2C(=O)N(c3ccccc3)N=C2C)cc1. The van der Waals surface area contributed by atoms with Crippen molar-refractivity contribution in [3.8, 4) is 11.8 Å². The van der Waals surface area contributed by atoms with E-state index in [0.29, 0.717) is 22.8 Å². The summed E-state index contributed by atoms with van der Waals surface area (Å²) >= 11 is 0. The fraction of sp³-hybridized carbons (Fsp3) is 0.143. The van der Waals surface area contributed by atoms with Crippen molar-refractivity contribution in [3.63, 3.8) is 0 Å². The Morgan fingerprint density at radius 2 is 1.89 bits per heavy atom. The van der Waals surface area contributed by atoms with Crippen LogP contribution in [0.15, 0.2) is 71.3 Å². The average molecular weight is 374 g/mol. The number of benzene rings is 2. The monoisotopic (exact) mass is 374 g/mol. The minimum absolute atomic E-state index is 0.154. The maximum atomic E-state index is 12.7. The van der Waals surface area contributed by atoms with Gasteiger partial charge < -0.3 is 10.1 Å². The van der Waals surface area contributed by atoms with Crippen molar-refractivity contribution >= 4 is 28.9 Å². The minimum atomic E-state index is -0.767. The van der Waals surface area contributed by atoms with Crippen LogP contribution < -0.4 is 15.1 Å². The topological polar surface area (TPSA) is 94.8 Å². The molecule has 1 heterocycles. The van der Waals surface area contributed by atoms with Gasteiger partial charge in [0.15, 0.2) is 0 Å². The van der Waals surface area contributed by atoms with Gasteiger partial charge in [-0.3, -0.25) is 9.59 Å². The van der Waals surface area contributed by atoms with Crippen molar-refractivity contribution in [1.29, 1.82) is 5.26 Å². The van der Waals surface area contributed by atoms with Gasteiger partial charge in [0.25, 0.3) is 11.8 Å². The lowest BCUT2D eigenvalue weighted by atomic mass is 10.0. The molecule has 1 N–H and O–H groups in total. The molecule has 28 heavy (non-hydrogen) atoms. The summed E-state index contributed by atoms with van der Waals surface area (Å²) in [5.74, 6) is -1.02. The highest BCUT2D eigenvalue weighted by Crippen LogP contribution is 2.25. The van der Waals surface area contributed by atoms with Gasteiger partial charge in [-0.2, -0.15) is 15.4 Å². The Bertz CT molecular complexity index is 989. The molecule has 3 rings (SSSR count). The number of carbonyl (C=O) groups is 2. The molecule has 0 aromatic heterocycles. The molecule has 2 amide bonds. The van der Waals surface area contributed by atoms with E-state index in [1.54, 1.807) is 62.6 Å². The van der Waals surface area contributed by atoms with Gasteiger partial charge >= 0.3 is 0 Å². The van der Waals surface area contributed by atoms with E-state index in [1.807, 2.05) is 12.1 Å². The van der Waals surface area contributed by atoms with Crippen LogP contribution in [0.5, 0.6) is 5.75 Å². The number of ether oxygens (including phenoxy) is 1. The summed E-state index contributed by atoms with van der Waals surface area (Å²) in [4.78, 5) is 25.2. The number of carbonyl (C=O) groups excluding carboxylic acids is 2. The number of amides is 2. The standard InChI is InChI=1S/C21H18N4O3/c1-14-19(21(27)25(24-14)17-6-4-3-5-7-17)12-15(13-22)20(26)23-16-8-10-18(28-2)11-9-16/h3-12,19H,1-2H3,(H,23,26)/b15-12-/t19-/m0/s1. The summed E-state index contributed by atoms with van der Waals surface area (Å²) in [5.41, 5.74) is 1.50. The quantitative estimate of drug-likeness (QED) is 0.642. The van der Waals surface area contributed by atoms with Gasteiger partial charge in [0.05, 0.1) is 24.4 Å². The zero-order valence-corrected chi connectivity index (χ0v) is 15.4. The number of hydrazone groups is 1. The summed E-state index contributed by atoms with van der Waals surface area (Å²) in [6, 6.07) is 17.6. The number of methoxy groups -OCH3 is 1. The number of rotatable bonds is 5. The maximum absolute atomic E-state index is 12.7. The molecule has 1 atom stereocenters. The number of hydrogen-bond donors (Lipinski definition) is 1. The predicted octanol–water partition coefficient (Wildman–Crippen LogP) is 3.12. The van der Waals surface area contributed by atoms with Crippen molar-refractivity contribution < 1.29 is 14.3 Å². The lowest BCUT2D eigenvalue weighted by Gasteiger charge is -2.13. The van der Waals surface area contributed by atoms with Gasteiger partial charge in [-0.15, -0.1) is 0 Å². The summed E-state index contributed by atoms with van der Waals surface area (Å²) in [6.07, 6.45) is 1.35. The van der Waals surface area contributed by atoms with Gasteiger partial charge in [0, 0.05) is 5.69 Å². The first-order chi connectivity index (χ1) is 13.5. The van der Waals surface area contributed by atoms with Gasteiger partial charge in [-0.25, -0.2) is 0 Å². The van der Waals surface area contributed by atoms with Gasteiger partial charge in [-0.1, -0.05) is 18.2 Å². The van der Waals surface area contributed by atoms with Crippen molar-refractivity contribution in [2.75, 3.05) is 17.4 Å². The van der Waals surface area contributed by atoms with Crippen LogP contribution in [0.25, 0.3) is 0 Å². The smallest absolute Gasteiger partial charge is 0.266 e. The first-order valence-corrected chi connectivity index (χ1v) is 8.55. The Balaban J connectivity index is 1.78. The molecule has 0 bridgehead atoms. The third kappa shape index (κ3) is 3.91. The van der Waals surface area contributed by atoms with Crippen LogP contribution >= 0.6 is 0 Å². The van der Waals surface area contributed by atoms with E-state index < -0.39 is 11.8 Å². The van der Waals surface area contributed by atoms with E-state index in [1.165, 1.54) is 11.1 Å². The van der Waals surface area contributed by atoms with Crippen LogP contribution in [0.1, 0.15) is 6.92 Å². The molecule has 0 saturated heterocycles. The Labute approximate surface area is 162 Å².